The smallest absolute Gasteiger partial charge is 0.266 e. The number of amides is 1. The molecule has 3 aromatic carbocycles. The highest BCUT2D eigenvalue weighted by molar-refractivity contribution is 5.95. The Morgan fingerprint density at radius 1 is 1.09 bits per heavy atom. The minimum Gasteiger partial charge on any atom is -0.495 e. The molecule has 1 atom stereocenters. The summed E-state index contributed by atoms with van der Waals surface area (Å²) in [6.07, 6.45) is 0. The van der Waals surface area contributed by atoms with Gasteiger partial charge >= 0.3 is 0 Å². The van der Waals surface area contributed by atoms with Crippen LogP contribution in [0.15, 0.2) is 65.5 Å². The van der Waals surface area contributed by atoms with Gasteiger partial charge in [-0.2, -0.15) is 0 Å². The third kappa shape index (κ3) is 3.86. The highest BCUT2D eigenvalue weighted by Gasteiger charge is 2.27. The monoisotopic (exact) mass is 471 g/mol. The summed E-state index contributed by atoms with van der Waals surface area (Å²) in [5.74, 6) is 1.86. The number of ether oxygens (including phenoxy) is 3. The standard InChI is InChI=1S/C27H25N3O5/c1-16-9-11-22(33-4)21(13-16)30-25(28-20-8-6-5-7-19(20)27(30)32)17(2)29(3)26(31)18-10-12-23-24(14-18)35-15-34-23/h5-14,17H,15H2,1-4H3. The number of carbonyl (C=O) groups is 1. The number of aromatic nitrogens is 2. The number of nitrogens with zero attached hydrogens (tertiary/aromatic N) is 3. The Balaban J connectivity index is 1.65. The molecule has 2 heterocycles. The average Bonchev–Trinajstić information content (AvgIpc) is 3.35. The molecule has 0 aliphatic carbocycles. The summed E-state index contributed by atoms with van der Waals surface area (Å²) in [6.45, 7) is 3.92. The molecule has 0 radical (unpaired) electrons. The molecule has 0 saturated carbocycles. The van der Waals surface area contributed by atoms with Crippen LogP contribution in [0, 0.1) is 6.92 Å². The number of fused-ring (bicyclic) bond motifs is 2. The third-order valence-electron chi connectivity index (χ3n) is 6.27. The summed E-state index contributed by atoms with van der Waals surface area (Å²) in [5, 5.41) is 0.483. The zero-order valence-electron chi connectivity index (χ0n) is 19.9. The van der Waals surface area contributed by atoms with Crippen LogP contribution in [0.3, 0.4) is 0 Å². The number of rotatable bonds is 5. The zero-order valence-corrected chi connectivity index (χ0v) is 19.9. The van der Waals surface area contributed by atoms with Gasteiger partial charge in [-0.3, -0.25) is 14.2 Å². The first kappa shape index (κ1) is 22.5. The van der Waals surface area contributed by atoms with Gasteiger partial charge in [0.05, 0.1) is 29.7 Å². The second-order valence-electron chi connectivity index (χ2n) is 8.46. The van der Waals surface area contributed by atoms with E-state index in [2.05, 4.69) is 0 Å². The van der Waals surface area contributed by atoms with Crippen molar-refractivity contribution < 1.29 is 19.0 Å². The number of hydrogen-bond donors (Lipinski definition) is 0. The van der Waals surface area contributed by atoms with Crippen LogP contribution in [0.25, 0.3) is 16.6 Å². The van der Waals surface area contributed by atoms with E-state index in [1.165, 1.54) is 0 Å². The maximum atomic E-state index is 13.8. The molecule has 1 unspecified atom stereocenters. The number of aryl methyl sites for hydroxylation is 1. The number of benzene rings is 3. The van der Waals surface area contributed by atoms with Gasteiger partial charge in [0.2, 0.25) is 6.79 Å². The molecule has 1 aliphatic rings. The van der Waals surface area contributed by atoms with E-state index in [1.807, 2.05) is 44.2 Å². The predicted octanol–water partition coefficient (Wildman–Crippen LogP) is 4.26. The zero-order chi connectivity index (χ0) is 24.7. The normalized spacial score (nSPS) is 13.0. The van der Waals surface area contributed by atoms with Crippen LogP contribution in [0.4, 0.5) is 0 Å². The molecule has 4 aromatic rings. The lowest BCUT2D eigenvalue weighted by Crippen LogP contribution is -2.35. The first-order chi connectivity index (χ1) is 16.9. The van der Waals surface area contributed by atoms with Gasteiger partial charge in [-0.05, 0) is 61.9 Å². The van der Waals surface area contributed by atoms with Crippen LogP contribution in [-0.4, -0.2) is 41.3 Å². The van der Waals surface area contributed by atoms with Crippen molar-refractivity contribution in [3.8, 4) is 22.9 Å². The van der Waals surface area contributed by atoms with Gasteiger partial charge in [0, 0.05) is 12.6 Å². The molecule has 1 aliphatic heterocycles. The van der Waals surface area contributed by atoms with Crippen LogP contribution >= 0.6 is 0 Å². The van der Waals surface area contributed by atoms with E-state index in [-0.39, 0.29) is 18.3 Å². The van der Waals surface area contributed by atoms with Crippen LogP contribution < -0.4 is 19.8 Å². The summed E-state index contributed by atoms with van der Waals surface area (Å²) in [6, 6.07) is 17.3. The maximum absolute atomic E-state index is 13.8. The topological polar surface area (TPSA) is 82.9 Å². The van der Waals surface area contributed by atoms with Gasteiger partial charge in [-0.1, -0.05) is 18.2 Å². The molecular weight excluding hydrogens is 446 g/mol. The second-order valence-corrected chi connectivity index (χ2v) is 8.46. The van der Waals surface area contributed by atoms with E-state index in [4.69, 9.17) is 19.2 Å². The minimum absolute atomic E-state index is 0.130. The molecule has 178 valence electrons. The number of hydrogen-bond acceptors (Lipinski definition) is 6. The van der Waals surface area contributed by atoms with Crippen LogP contribution in [0.5, 0.6) is 17.2 Å². The molecule has 8 nitrogen and oxygen atoms in total. The fourth-order valence-corrected chi connectivity index (χ4v) is 4.22. The first-order valence-electron chi connectivity index (χ1n) is 11.2. The maximum Gasteiger partial charge on any atom is 0.266 e. The molecule has 5 rings (SSSR count). The Kier molecular flexibility index (Phi) is 5.64. The van der Waals surface area contributed by atoms with Gasteiger partial charge in [0.1, 0.15) is 11.6 Å². The molecule has 0 fully saturated rings. The molecule has 0 spiro atoms. The van der Waals surface area contributed by atoms with Crippen molar-refractivity contribution in [2.24, 2.45) is 0 Å². The Labute approximate surface area is 202 Å². The molecule has 35 heavy (non-hydrogen) atoms. The van der Waals surface area contributed by atoms with Crippen molar-refractivity contribution in [1.82, 2.24) is 14.5 Å². The Morgan fingerprint density at radius 2 is 1.86 bits per heavy atom. The van der Waals surface area contributed by atoms with E-state index in [0.29, 0.717) is 45.2 Å². The highest BCUT2D eigenvalue weighted by Crippen LogP contribution is 2.34. The summed E-state index contributed by atoms with van der Waals surface area (Å²) in [5.41, 5.74) is 2.31. The summed E-state index contributed by atoms with van der Waals surface area (Å²) >= 11 is 0. The fraction of sp³-hybridized carbons (Fsp3) is 0.222. The van der Waals surface area contributed by atoms with Crippen LogP contribution in [0.2, 0.25) is 0 Å². The summed E-state index contributed by atoms with van der Waals surface area (Å²) in [7, 11) is 3.25. The lowest BCUT2D eigenvalue weighted by atomic mass is 10.1. The first-order valence-corrected chi connectivity index (χ1v) is 11.2. The Bertz CT molecular complexity index is 1510. The molecule has 0 bridgehead atoms. The SMILES string of the molecule is COc1ccc(C)cc1-n1c(C(C)N(C)C(=O)c2ccc3c(c2)OCO3)nc2ccccc2c1=O. The van der Waals surface area contributed by atoms with E-state index >= 15 is 0 Å². The fourth-order valence-electron chi connectivity index (χ4n) is 4.22. The van der Waals surface area contributed by atoms with Crippen molar-refractivity contribution in [3.05, 3.63) is 88.0 Å². The molecule has 0 saturated heterocycles. The molecule has 0 N–H and O–H groups in total. The number of methoxy groups -OCH3 is 1. The molecule has 8 heteroatoms. The quantitative estimate of drug-likeness (QED) is 0.433. The second kappa shape index (κ2) is 8.79. The van der Waals surface area contributed by atoms with Crippen molar-refractivity contribution >= 4 is 16.8 Å². The van der Waals surface area contributed by atoms with E-state index < -0.39 is 6.04 Å². The average molecular weight is 472 g/mol. The van der Waals surface area contributed by atoms with E-state index in [1.54, 1.807) is 54.0 Å². The number of para-hydroxylation sites is 1. The highest BCUT2D eigenvalue weighted by atomic mass is 16.7. The van der Waals surface area contributed by atoms with Crippen molar-refractivity contribution in [2.45, 2.75) is 19.9 Å². The van der Waals surface area contributed by atoms with Gasteiger partial charge in [-0.25, -0.2) is 4.98 Å². The Hall–Kier alpha value is -4.33. The molecular formula is C27H25N3O5. The summed E-state index contributed by atoms with van der Waals surface area (Å²) < 4.78 is 17.9. The number of carbonyl (C=O) groups excluding carboxylic acids is 1. The van der Waals surface area contributed by atoms with Crippen LogP contribution in [-0.2, 0) is 0 Å². The lowest BCUT2D eigenvalue weighted by molar-refractivity contribution is 0.0734. The minimum atomic E-state index is -0.546. The van der Waals surface area contributed by atoms with Crippen molar-refractivity contribution in [1.29, 1.82) is 0 Å². The largest absolute Gasteiger partial charge is 0.495 e. The van der Waals surface area contributed by atoms with Crippen molar-refractivity contribution in [2.75, 3.05) is 21.0 Å². The van der Waals surface area contributed by atoms with E-state index in [9.17, 15) is 9.59 Å². The van der Waals surface area contributed by atoms with Gasteiger partial charge in [0.15, 0.2) is 11.5 Å². The predicted molar refractivity (Wildman–Crippen MR) is 132 cm³/mol. The summed E-state index contributed by atoms with van der Waals surface area (Å²) in [4.78, 5) is 33.6. The van der Waals surface area contributed by atoms with Gasteiger partial charge in [0.25, 0.3) is 11.5 Å². The van der Waals surface area contributed by atoms with Gasteiger partial charge in [-0.15, -0.1) is 0 Å². The third-order valence-corrected chi connectivity index (χ3v) is 6.27. The molecule has 1 amide bonds. The van der Waals surface area contributed by atoms with Crippen molar-refractivity contribution in [3.63, 3.8) is 0 Å². The molecule has 1 aromatic heterocycles. The van der Waals surface area contributed by atoms with Gasteiger partial charge < -0.3 is 19.1 Å². The van der Waals surface area contributed by atoms with Crippen LogP contribution in [0.1, 0.15) is 34.7 Å². The van der Waals surface area contributed by atoms with E-state index in [0.717, 1.165) is 5.56 Å². The lowest BCUT2D eigenvalue weighted by Gasteiger charge is -2.27. The Morgan fingerprint density at radius 3 is 2.66 bits per heavy atom.